The third-order valence-electron chi connectivity index (χ3n) is 7.42. The van der Waals surface area contributed by atoms with Gasteiger partial charge in [-0.25, -0.2) is 4.57 Å². The number of unbranched alkanes of at least 4 members (excludes halogenated alkanes) is 13. The molecule has 0 saturated heterocycles. The predicted molar refractivity (Wildman–Crippen MR) is 190 cm³/mol. The van der Waals surface area contributed by atoms with Crippen molar-refractivity contribution in [2.45, 2.75) is 161 Å². The Morgan fingerprint density at radius 1 is 0.660 bits per heavy atom. The topological polar surface area (TPSA) is 140 Å². The van der Waals surface area contributed by atoms with Crippen molar-refractivity contribution >= 4 is 19.8 Å². The third-order valence-corrected chi connectivity index (χ3v) is 7.91. The summed E-state index contributed by atoms with van der Waals surface area (Å²) in [7, 11) is -4.80. The lowest BCUT2D eigenvalue weighted by molar-refractivity contribution is -0.161. The molecule has 0 aliphatic rings. The Bertz CT molecular complexity index is 923. The fourth-order valence-electron chi connectivity index (χ4n) is 4.66. The van der Waals surface area contributed by atoms with Crippen molar-refractivity contribution in [2.75, 3.05) is 13.2 Å². The van der Waals surface area contributed by atoms with E-state index >= 15 is 0 Å². The Labute approximate surface area is 285 Å². The summed E-state index contributed by atoms with van der Waals surface area (Å²) < 4.78 is 26.1. The second-order valence-electron chi connectivity index (χ2n) is 12.0. The van der Waals surface area contributed by atoms with Crippen molar-refractivity contribution in [2.24, 2.45) is 0 Å². The SMILES string of the molecule is CCCC/C=C\CCCCCCCC(=O)OC[C@H](COP(=O)(O)O)OC(=O)CCCC(O)/C=C/C=C/C/C=C/CCCCCCCC. The summed E-state index contributed by atoms with van der Waals surface area (Å²) in [6, 6.07) is 0. The highest BCUT2D eigenvalue weighted by Crippen LogP contribution is 2.35. The number of rotatable bonds is 32. The van der Waals surface area contributed by atoms with Crippen LogP contribution in [-0.2, 0) is 28.2 Å². The van der Waals surface area contributed by atoms with E-state index < -0.39 is 38.6 Å². The number of phosphoric acid groups is 1. The maximum Gasteiger partial charge on any atom is 0.469 e. The summed E-state index contributed by atoms with van der Waals surface area (Å²) in [6.45, 7) is 3.44. The molecule has 0 aromatic rings. The molecule has 0 rings (SSSR count). The Balaban J connectivity index is 4.22. The highest BCUT2D eigenvalue weighted by atomic mass is 31.2. The molecule has 0 aliphatic carbocycles. The Kier molecular flexibility index (Phi) is 31.1. The molecular weight excluding hydrogens is 619 g/mol. The molecule has 0 aromatic carbocycles. The van der Waals surface area contributed by atoms with Gasteiger partial charge in [0.1, 0.15) is 6.61 Å². The Morgan fingerprint density at radius 3 is 1.89 bits per heavy atom. The number of esters is 2. The zero-order valence-corrected chi connectivity index (χ0v) is 30.2. The lowest BCUT2D eigenvalue weighted by atomic mass is 10.1. The smallest absolute Gasteiger partial charge is 0.462 e. The molecule has 0 spiro atoms. The molecule has 1 unspecified atom stereocenters. The van der Waals surface area contributed by atoms with E-state index in [1.54, 1.807) is 12.2 Å². The van der Waals surface area contributed by atoms with Gasteiger partial charge in [-0.1, -0.05) is 127 Å². The number of hydrogen-bond donors (Lipinski definition) is 3. The molecule has 272 valence electrons. The van der Waals surface area contributed by atoms with Crippen LogP contribution in [0.15, 0.2) is 48.6 Å². The van der Waals surface area contributed by atoms with Crippen molar-refractivity contribution < 1.29 is 43.0 Å². The first-order valence-electron chi connectivity index (χ1n) is 18.0. The van der Waals surface area contributed by atoms with E-state index in [0.29, 0.717) is 19.3 Å². The molecule has 0 heterocycles. The molecule has 0 amide bonds. The summed E-state index contributed by atoms with van der Waals surface area (Å²) in [6.07, 6.45) is 34.4. The minimum atomic E-state index is -4.80. The zero-order valence-electron chi connectivity index (χ0n) is 29.3. The lowest BCUT2D eigenvalue weighted by Crippen LogP contribution is -2.29. The average Bonchev–Trinajstić information content (AvgIpc) is 3.03. The van der Waals surface area contributed by atoms with E-state index in [1.165, 1.54) is 51.4 Å². The molecule has 0 fully saturated rings. The maximum atomic E-state index is 12.3. The van der Waals surface area contributed by atoms with Gasteiger partial charge in [0, 0.05) is 12.8 Å². The molecule has 47 heavy (non-hydrogen) atoms. The number of hydrogen-bond acceptors (Lipinski definition) is 7. The van der Waals surface area contributed by atoms with Gasteiger partial charge in [-0.2, -0.15) is 0 Å². The second-order valence-corrected chi connectivity index (χ2v) is 13.3. The van der Waals surface area contributed by atoms with Crippen LogP contribution in [0.5, 0.6) is 0 Å². The summed E-state index contributed by atoms with van der Waals surface area (Å²) in [4.78, 5) is 42.6. The van der Waals surface area contributed by atoms with E-state index in [-0.39, 0.29) is 19.4 Å². The molecule has 9 nitrogen and oxygen atoms in total. The van der Waals surface area contributed by atoms with Crippen LogP contribution in [0.4, 0.5) is 0 Å². The molecule has 0 aliphatic heterocycles. The first-order chi connectivity index (χ1) is 22.7. The van der Waals surface area contributed by atoms with Crippen molar-refractivity contribution in [1.82, 2.24) is 0 Å². The molecule has 0 saturated carbocycles. The standard InChI is InChI=1S/C37H65O9P/c1-3-5-7-9-11-13-15-16-18-19-21-23-25-28-34(38)29-27-31-37(40)46-35(33-45-47(41,42)43)32-44-36(39)30-26-24-22-20-17-14-12-10-8-6-4-2/h10,12,16,18,21,23,25,28,34-35,38H,3-9,11,13-15,17,19-20,22,24,26-27,29-33H2,1-2H3,(H2,41,42,43)/b12-10-,18-16+,23-21+,28-25+/t34?,35-/m1/s1. The molecule has 0 aromatic heterocycles. The van der Waals surface area contributed by atoms with E-state index in [9.17, 15) is 19.3 Å². The molecule has 0 radical (unpaired) electrons. The first-order valence-corrected chi connectivity index (χ1v) is 19.6. The summed E-state index contributed by atoms with van der Waals surface area (Å²) >= 11 is 0. The first kappa shape index (κ1) is 45.0. The van der Waals surface area contributed by atoms with E-state index in [0.717, 1.165) is 51.4 Å². The van der Waals surface area contributed by atoms with Gasteiger partial charge in [-0.3, -0.25) is 14.1 Å². The van der Waals surface area contributed by atoms with Gasteiger partial charge in [0.2, 0.25) is 0 Å². The minimum Gasteiger partial charge on any atom is -0.462 e. The van der Waals surface area contributed by atoms with Crippen LogP contribution in [-0.4, -0.2) is 52.3 Å². The van der Waals surface area contributed by atoms with Crippen molar-refractivity contribution in [3.8, 4) is 0 Å². The van der Waals surface area contributed by atoms with Gasteiger partial charge in [0.05, 0.1) is 12.7 Å². The molecule has 2 atom stereocenters. The molecule has 10 heteroatoms. The highest BCUT2D eigenvalue weighted by Gasteiger charge is 2.23. The van der Waals surface area contributed by atoms with E-state index in [4.69, 9.17) is 19.3 Å². The summed E-state index contributed by atoms with van der Waals surface area (Å²) in [5.41, 5.74) is 0. The lowest BCUT2D eigenvalue weighted by Gasteiger charge is -2.18. The van der Waals surface area contributed by atoms with Gasteiger partial charge >= 0.3 is 19.8 Å². The summed E-state index contributed by atoms with van der Waals surface area (Å²) in [5, 5.41) is 10.2. The van der Waals surface area contributed by atoms with Gasteiger partial charge in [0.25, 0.3) is 0 Å². The molecule has 3 N–H and O–H groups in total. The number of ether oxygens (including phenoxy) is 2. The largest absolute Gasteiger partial charge is 0.469 e. The van der Waals surface area contributed by atoms with Gasteiger partial charge in [-0.15, -0.1) is 0 Å². The Morgan fingerprint density at radius 2 is 1.23 bits per heavy atom. The van der Waals surface area contributed by atoms with Gasteiger partial charge < -0.3 is 24.4 Å². The minimum absolute atomic E-state index is 0.0149. The van der Waals surface area contributed by atoms with Crippen LogP contribution >= 0.6 is 7.82 Å². The van der Waals surface area contributed by atoms with Crippen LogP contribution in [0.1, 0.15) is 149 Å². The normalized spacial score (nSPS) is 13.7. The van der Waals surface area contributed by atoms with Gasteiger partial charge in [-0.05, 0) is 57.8 Å². The van der Waals surface area contributed by atoms with Crippen LogP contribution in [0.25, 0.3) is 0 Å². The van der Waals surface area contributed by atoms with Crippen molar-refractivity contribution in [3.05, 3.63) is 48.6 Å². The quantitative estimate of drug-likeness (QED) is 0.0208. The number of carbonyl (C=O) groups excluding carboxylic acids is 2. The number of carbonyl (C=O) groups is 2. The van der Waals surface area contributed by atoms with Crippen LogP contribution in [0, 0.1) is 0 Å². The second kappa shape index (κ2) is 32.5. The van der Waals surface area contributed by atoms with Gasteiger partial charge in [0.15, 0.2) is 6.10 Å². The molecular formula is C37H65O9P. The highest BCUT2D eigenvalue weighted by molar-refractivity contribution is 7.46. The van der Waals surface area contributed by atoms with E-state index in [1.807, 2.05) is 12.2 Å². The van der Waals surface area contributed by atoms with E-state index in [2.05, 4.69) is 42.7 Å². The number of aliphatic hydroxyl groups excluding tert-OH is 1. The fraction of sp³-hybridized carbons (Fsp3) is 0.730. The maximum absolute atomic E-state index is 12.3. The molecule has 0 bridgehead atoms. The van der Waals surface area contributed by atoms with Crippen LogP contribution in [0.3, 0.4) is 0 Å². The van der Waals surface area contributed by atoms with Crippen molar-refractivity contribution in [3.63, 3.8) is 0 Å². The number of aliphatic hydroxyl groups is 1. The zero-order chi connectivity index (χ0) is 34.9. The number of allylic oxidation sites excluding steroid dienone is 7. The van der Waals surface area contributed by atoms with Crippen LogP contribution < -0.4 is 0 Å². The van der Waals surface area contributed by atoms with Crippen molar-refractivity contribution in [1.29, 1.82) is 0 Å². The fourth-order valence-corrected chi connectivity index (χ4v) is 5.02. The monoisotopic (exact) mass is 684 g/mol. The Hall–Kier alpha value is -2.03. The summed E-state index contributed by atoms with van der Waals surface area (Å²) in [5.74, 6) is -1.10. The van der Waals surface area contributed by atoms with Crippen LogP contribution in [0.2, 0.25) is 0 Å². The third kappa shape index (κ3) is 35.1. The average molecular weight is 685 g/mol. The number of phosphoric ester groups is 1. The predicted octanol–water partition coefficient (Wildman–Crippen LogP) is 9.37.